The van der Waals surface area contributed by atoms with Crippen LogP contribution in [0.2, 0.25) is 5.02 Å². The standard InChI is InChI=1S/C21H22ClN3O4S2/c1-12-8-16(22)9-18-19(12)23-21(30-18)24-20(26)15-4-6-17(7-5-15)31(27,28)25-10-13(2)29-14(3)11-25/h4-9,13-14H,10-11H2,1-3H3,(H,23,24,26)/t13-,14-/m1/s1. The Bertz CT molecular complexity index is 1230. The second kappa shape index (κ2) is 8.48. The molecule has 3 aromatic rings. The van der Waals surface area contributed by atoms with E-state index in [0.29, 0.717) is 28.8 Å². The Morgan fingerprint density at radius 3 is 2.48 bits per heavy atom. The number of sulfonamides is 1. The van der Waals surface area contributed by atoms with Gasteiger partial charge in [-0.1, -0.05) is 22.9 Å². The number of rotatable bonds is 4. The van der Waals surface area contributed by atoms with Gasteiger partial charge < -0.3 is 4.74 Å². The van der Waals surface area contributed by atoms with Crippen LogP contribution in [0.3, 0.4) is 0 Å². The number of halogens is 1. The Morgan fingerprint density at radius 1 is 1.19 bits per heavy atom. The fraction of sp³-hybridized carbons (Fsp3) is 0.333. The third-order valence-electron chi connectivity index (χ3n) is 5.01. The molecular formula is C21H22ClN3O4S2. The molecule has 10 heteroatoms. The summed E-state index contributed by atoms with van der Waals surface area (Å²) in [6.07, 6.45) is -0.341. The minimum absolute atomic E-state index is 0.149. The van der Waals surface area contributed by atoms with Crippen LogP contribution in [0.25, 0.3) is 10.2 Å². The maximum absolute atomic E-state index is 13.0. The van der Waals surface area contributed by atoms with Crippen LogP contribution in [0.15, 0.2) is 41.3 Å². The van der Waals surface area contributed by atoms with Gasteiger partial charge in [0, 0.05) is 23.7 Å². The summed E-state index contributed by atoms with van der Waals surface area (Å²) in [5, 5.41) is 3.85. The zero-order valence-electron chi connectivity index (χ0n) is 17.3. The van der Waals surface area contributed by atoms with Crippen LogP contribution in [0.4, 0.5) is 5.13 Å². The largest absolute Gasteiger partial charge is 0.373 e. The van der Waals surface area contributed by atoms with Gasteiger partial charge in [0.2, 0.25) is 10.0 Å². The first kappa shape index (κ1) is 22.2. The van der Waals surface area contributed by atoms with E-state index in [2.05, 4.69) is 10.3 Å². The quantitative estimate of drug-likeness (QED) is 0.602. The maximum Gasteiger partial charge on any atom is 0.257 e. The molecule has 7 nitrogen and oxygen atoms in total. The summed E-state index contributed by atoms with van der Waals surface area (Å²) in [6.45, 7) is 6.22. The topological polar surface area (TPSA) is 88.6 Å². The lowest BCUT2D eigenvalue weighted by molar-refractivity contribution is -0.0440. The summed E-state index contributed by atoms with van der Waals surface area (Å²) in [5.74, 6) is -0.361. The number of nitrogens with zero attached hydrogens (tertiary/aromatic N) is 2. The maximum atomic E-state index is 13.0. The molecule has 2 aromatic carbocycles. The molecule has 0 saturated carbocycles. The molecular weight excluding hydrogens is 458 g/mol. The molecule has 31 heavy (non-hydrogen) atoms. The first-order valence-corrected chi connectivity index (χ1v) is 12.4. The summed E-state index contributed by atoms with van der Waals surface area (Å²) < 4.78 is 33.8. The number of hydrogen-bond donors (Lipinski definition) is 1. The molecule has 0 unspecified atom stereocenters. The van der Waals surface area contributed by atoms with Crippen LogP contribution in [0.1, 0.15) is 29.8 Å². The van der Waals surface area contributed by atoms with Crippen LogP contribution < -0.4 is 5.32 Å². The molecule has 0 radical (unpaired) electrons. The number of benzene rings is 2. The molecule has 0 bridgehead atoms. The van der Waals surface area contributed by atoms with Crippen molar-refractivity contribution in [2.45, 2.75) is 37.9 Å². The van der Waals surface area contributed by atoms with Gasteiger partial charge in [0.25, 0.3) is 5.91 Å². The molecule has 1 N–H and O–H groups in total. The van der Waals surface area contributed by atoms with E-state index >= 15 is 0 Å². The van der Waals surface area contributed by atoms with Gasteiger partial charge in [0.1, 0.15) is 0 Å². The van der Waals surface area contributed by atoms with E-state index in [-0.39, 0.29) is 23.0 Å². The fourth-order valence-corrected chi connectivity index (χ4v) is 6.54. The normalized spacial score (nSPS) is 20.1. The fourth-order valence-electron chi connectivity index (χ4n) is 3.63. The van der Waals surface area contributed by atoms with Crippen molar-refractivity contribution in [3.63, 3.8) is 0 Å². The SMILES string of the molecule is Cc1cc(Cl)cc2sc(NC(=O)c3ccc(S(=O)(=O)N4C[C@@H](C)O[C@H](C)C4)cc3)nc12. The Hall–Kier alpha value is -2.04. The minimum Gasteiger partial charge on any atom is -0.373 e. The number of fused-ring (bicyclic) bond motifs is 1. The Labute approximate surface area is 190 Å². The molecule has 2 heterocycles. The van der Waals surface area contributed by atoms with Gasteiger partial charge in [0.05, 0.1) is 27.3 Å². The van der Waals surface area contributed by atoms with Gasteiger partial charge in [-0.15, -0.1) is 0 Å². The average Bonchev–Trinajstić information content (AvgIpc) is 3.10. The monoisotopic (exact) mass is 479 g/mol. The highest BCUT2D eigenvalue weighted by molar-refractivity contribution is 7.89. The molecule has 4 rings (SSSR count). The first-order valence-electron chi connectivity index (χ1n) is 9.77. The third kappa shape index (κ3) is 4.61. The lowest BCUT2D eigenvalue weighted by atomic mass is 10.2. The van der Waals surface area contributed by atoms with Crippen molar-refractivity contribution in [3.05, 3.63) is 52.5 Å². The molecule has 1 aliphatic rings. The number of carbonyl (C=O) groups excluding carboxylic acids is 1. The van der Waals surface area contributed by atoms with E-state index in [0.717, 1.165) is 15.8 Å². The van der Waals surface area contributed by atoms with Crippen molar-refractivity contribution in [3.8, 4) is 0 Å². The van der Waals surface area contributed by atoms with E-state index < -0.39 is 10.0 Å². The Balaban J connectivity index is 1.51. The van der Waals surface area contributed by atoms with Crippen molar-refractivity contribution in [1.29, 1.82) is 0 Å². The highest BCUT2D eigenvalue weighted by atomic mass is 35.5. The van der Waals surface area contributed by atoms with Crippen molar-refractivity contribution in [2.24, 2.45) is 0 Å². The summed E-state index contributed by atoms with van der Waals surface area (Å²) in [5.41, 5.74) is 2.07. The highest BCUT2D eigenvalue weighted by Gasteiger charge is 2.32. The van der Waals surface area contributed by atoms with Gasteiger partial charge in [-0.2, -0.15) is 4.31 Å². The Morgan fingerprint density at radius 2 is 1.84 bits per heavy atom. The zero-order chi connectivity index (χ0) is 22.3. The van der Waals surface area contributed by atoms with Gasteiger partial charge in [0.15, 0.2) is 5.13 Å². The number of nitrogens with one attached hydrogen (secondary N) is 1. The number of morpholine rings is 1. The van der Waals surface area contributed by atoms with Crippen LogP contribution in [-0.4, -0.2) is 48.9 Å². The zero-order valence-corrected chi connectivity index (χ0v) is 19.6. The van der Waals surface area contributed by atoms with E-state index in [1.807, 2.05) is 32.9 Å². The molecule has 1 aliphatic heterocycles. The lowest BCUT2D eigenvalue weighted by Gasteiger charge is -2.34. The first-order chi connectivity index (χ1) is 14.6. The van der Waals surface area contributed by atoms with Crippen molar-refractivity contribution < 1.29 is 17.9 Å². The van der Waals surface area contributed by atoms with Crippen molar-refractivity contribution in [1.82, 2.24) is 9.29 Å². The molecule has 0 aliphatic carbocycles. The summed E-state index contributed by atoms with van der Waals surface area (Å²) in [6, 6.07) is 9.55. The van der Waals surface area contributed by atoms with Gasteiger partial charge in [-0.25, -0.2) is 13.4 Å². The van der Waals surface area contributed by atoms with Crippen LogP contribution in [0, 0.1) is 6.92 Å². The molecule has 1 fully saturated rings. The van der Waals surface area contributed by atoms with E-state index in [1.54, 1.807) is 0 Å². The van der Waals surface area contributed by atoms with E-state index in [1.165, 1.54) is 39.9 Å². The molecule has 0 spiro atoms. The number of anilines is 1. The number of hydrogen-bond acceptors (Lipinski definition) is 6. The predicted molar refractivity (Wildman–Crippen MR) is 123 cm³/mol. The second-order valence-corrected chi connectivity index (χ2v) is 11.1. The van der Waals surface area contributed by atoms with Crippen LogP contribution in [-0.2, 0) is 14.8 Å². The van der Waals surface area contributed by atoms with Crippen molar-refractivity contribution >= 4 is 54.2 Å². The van der Waals surface area contributed by atoms with Crippen LogP contribution >= 0.6 is 22.9 Å². The number of aromatic nitrogens is 1. The van der Waals surface area contributed by atoms with Crippen LogP contribution in [0.5, 0.6) is 0 Å². The van der Waals surface area contributed by atoms with E-state index in [4.69, 9.17) is 16.3 Å². The molecule has 164 valence electrons. The highest BCUT2D eigenvalue weighted by Crippen LogP contribution is 2.31. The van der Waals surface area contributed by atoms with Gasteiger partial charge in [-0.3, -0.25) is 10.1 Å². The van der Waals surface area contributed by atoms with E-state index in [9.17, 15) is 13.2 Å². The number of aryl methyl sites for hydroxylation is 1. The third-order valence-corrected chi connectivity index (χ3v) is 7.99. The Kier molecular flexibility index (Phi) is 6.06. The minimum atomic E-state index is -3.66. The predicted octanol–water partition coefficient (Wildman–Crippen LogP) is 4.31. The second-order valence-electron chi connectivity index (χ2n) is 7.65. The summed E-state index contributed by atoms with van der Waals surface area (Å²) in [7, 11) is -3.66. The summed E-state index contributed by atoms with van der Waals surface area (Å²) in [4.78, 5) is 17.3. The molecule has 2 atom stereocenters. The molecule has 1 aromatic heterocycles. The smallest absolute Gasteiger partial charge is 0.257 e. The molecule has 1 saturated heterocycles. The number of amides is 1. The lowest BCUT2D eigenvalue weighted by Crippen LogP contribution is -2.48. The number of carbonyl (C=O) groups is 1. The number of thiazole rings is 1. The average molecular weight is 480 g/mol. The van der Waals surface area contributed by atoms with Crippen molar-refractivity contribution in [2.75, 3.05) is 18.4 Å². The number of ether oxygens (including phenoxy) is 1. The van der Waals surface area contributed by atoms with Gasteiger partial charge >= 0.3 is 0 Å². The van der Waals surface area contributed by atoms with Gasteiger partial charge in [-0.05, 0) is 62.7 Å². The molecule has 1 amide bonds. The summed E-state index contributed by atoms with van der Waals surface area (Å²) >= 11 is 7.42.